The molecule has 0 aromatic heterocycles. The maximum atomic E-state index is 12.3. The third-order valence-electron chi connectivity index (χ3n) is 4.43. The third-order valence-corrected chi connectivity index (χ3v) is 4.43. The van der Waals surface area contributed by atoms with E-state index >= 15 is 0 Å². The molecule has 2 N–H and O–H groups in total. The summed E-state index contributed by atoms with van der Waals surface area (Å²) in [4.78, 5) is 26.4. The summed E-state index contributed by atoms with van der Waals surface area (Å²) in [6.45, 7) is 1.32. The van der Waals surface area contributed by atoms with Crippen molar-refractivity contribution < 1.29 is 14.3 Å². The van der Waals surface area contributed by atoms with Crippen LogP contribution in [-0.4, -0.2) is 42.8 Å². The summed E-state index contributed by atoms with van der Waals surface area (Å²) in [5, 5.41) is 0. The van der Waals surface area contributed by atoms with Gasteiger partial charge in [0.25, 0.3) is 0 Å². The number of rotatable bonds is 7. The number of carbonyl (C=O) groups excluding carboxylic acids is 2. The molecule has 1 aliphatic heterocycles. The molecule has 5 nitrogen and oxygen atoms in total. The molecule has 23 heavy (non-hydrogen) atoms. The Balaban J connectivity index is 1.79. The smallest absolute Gasteiger partial charge is 0.222 e. The molecular weight excluding hydrogens is 292 g/mol. The van der Waals surface area contributed by atoms with Crippen LogP contribution in [0.5, 0.6) is 5.75 Å². The Hall–Kier alpha value is -1.88. The molecule has 1 fully saturated rings. The van der Waals surface area contributed by atoms with E-state index in [1.54, 1.807) is 31.4 Å². The summed E-state index contributed by atoms with van der Waals surface area (Å²) in [5.41, 5.74) is 6.41. The van der Waals surface area contributed by atoms with Crippen molar-refractivity contribution in [3.8, 4) is 5.75 Å². The van der Waals surface area contributed by atoms with Crippen molar-refractivity contribution in [1.29, 1.82) is 0 Å². The standard InChI is InChI=1S/C18H26N2O3/c1-23-16-10-8-14(9-11-16)17(21)6-4-7-18(22)20-12-3-2-5-15(20)13-19/h8-11,15H,2-7,12-13,19H2,1H3. The van der Waals surface area contributed by atoms with E-state index in [-0.39, 0.29) is 17.7 Å². The molecule has 0 radical (unpaired) electrons. The van der Waals surface area contributed by atoms with Gasteiger partial charge in [0.1, 0.15) is 5.75 Å². The Morgan fingerprint density at radius 1 is 1.22 bits per heavy atom. The number of amides is 1. The minimum absolute atomic E-state index is 0.0643. The zero-order valence-electron chi connectivity index (χ0n) is 13.8. The monoisotopic (exact) mass is 318 g/mol. The van der Waals surface area contributed by atoms with Gasteiger partial charge in [0.05, 0.1) is 7.11 Å². The summed E-state index contributed by atoms with van der Waals surface area (Å²) < 4.78 is 5.08. The SMILES string of the molecule is COc1ccc(C(=O)CCCC(=O)N2CCCCC2CN)cc1. The van der Waals surface area contributed by atoms with Crippen LogP contribution in [0.4, 0.5) is 0 Å². The Morgan fingerprint density at radius 2 is 1.96 bits per heavy atom. The number of piperidine rings is 1. The molecule has 1 amide bonds. The molecule has 0 saturated carbocycles. The van der Waals surface area contributed by atoms with Gasteiger partial charge in [-0.05, 0) is 49.9 Å². The molecule has 1 aromatic rings. The predicted octanol–water partition coefficient (Wildman–Crippen LogP) is 2.39. The average molecular weight is 318 g/mol. The summed E-state index contributed by atoms with van der Waals surface area (Å²) in [6.07, 6.45) is 4.57. The third kappa shape index (κ3) is 4.79. The van der Waals surface area contributed by atoms with Crippen LogP contribution < -0.4 is 10.5 Å². The first-order valence-electron chi connectivity index (χ1n) is 8.32. The van der Waals surface area contributed by atoms with E-state index in [0.717, 1.165) is 31.6 Å². The number of Topliss-reactive ketones (excluding diaryl/α,β-unsaturated/α-hetero) is 1. The minimum Gasteiger partial charge on any atom is -0.497 e. The van der Waals surface area contributed by atoms with Gasteiger partial charge in [-0.2, -0.15) is 0 Å². The molecule has 0 spiro atoms. The number of ether oxygens (including phenoxy) is 1. The second kappa shape index (κ2) is 8.67. The fourth-order valence-corrected chi connectivity index (χ4v) is 3.04. The maximum absolute atomic E-state index is 12.3. The molecule has 2 rings (SSSR count). The van der Waals surface area contributed by atoms with E-state index < -0.39 is 0 Å². The molecule has 0 bridgehead atoms. The first kappa shape index (κ1) is 17.5. The van der Waals surface area contributed by atoms with Crippen molar-refractivity contribution in [3.05, 3.63) is 29.8 Å². The van der Waals surface area contributed by atoms with Crippen molar-refractivity contribution in [2.45, 2.75) is 44.6 Å². The lowest BCUT2D eigenvalue weighted by Gasteiger charge is -2.35. The number of carbonyl (C=O) groups is 2. The van der Waals surface area contributed by atoms with Crippen molar-refractivity contribution in [2.24, 2.45) is 5.73 Å². The van der Waals surface area contributed by atoms with Crippen LogP contribution in [-0.2, 0) is 4.79 Å². The number of hydrogen-bond donors (Lipinski definition) is 1. The summed E-state index contributed by atoms with van der Waals surface area (Å²) in [7, 11) is 1.59. The molecule has 1 heterocycles. The molecule has 1 aliphatic rings. The number of benzene rings is 1. The van der Waals surface area contributed by atoms with Gasteiger partial charge in [0.2, 0.25) is 5.91 Å². The van der Waals surface area contributed by atoms with E-state index in [1.165, 1.54) is 0 Å². The van der Waals surface area contributed by atoms with Crippen molar-refractivity contribution in [1.82, 2.24) is 4.90 Å². The topological polar surface area (TPSA) is 72.6 Å². The Bertz CT molecular complexity index is 528. The minimum atomic E-state index is 0.0643. The number of hydrogen-bond acceptors (Lipinski definition) is 4. The zero-order valence-corrected chi connectivity index (χ0v) is 13.8. The number of nitrogens with two attached hydrogens (primary N) is 1. The van der Waals surface area contributed by atoms with E-state index in [4.69, 9.17) is 10.5 Å². The van der Waals surface area contributed by atoms with Gasteiger partial charge in [0.15, 0.2) is 5.78 Å². The van der Waals surface area contributed by atoms with E-state index in [0.29, 0.717) is 31.4 Å². The molecule has 126 valence electrons. The molecule has 1 saturated heterocycles. The highest BCUT2D eigenvalue weighted by molar-refractivity contribution is 5.96. The normalized spacial score (nSPS) is 17.8. The van der Waals surface area contributed by atoms with Crippen LogP contribution in [0.1, 0.15) is 48.9 Å². The molecular formula is C18H26N2O3. The molecule has 1 atom stereocenters. The van der Waals surface area contributed by atoms with Gasteiger partial charge < -0.3 is 15.4 Å². The van der Waals surface area contributed by atoms with Crippen LogP contribution in [0, 0.1) is 0 Å². The van der Waals surface area contributed by atoms with Crippen LogP contribution in [0.2, 0.25) is 0 Å². The number of likely N-dealkylation sites (tertiary alicyclic amines) is 1. The second-order valence-electron chi connectivity index (χ2n) is 5.98. The van der Waals surface area contributed by atoms with E-state index in [1.807, 2.05) is 4.90 Å². The Morgan fingerprint density at radius 3 is 2.61 bits per heavy atom. The fourth-order valence-electron chi connectivity index (χ4n) is 3.04. The van der Waals surface area contributed by atoms with Crippen LogP contribution in [0.25, 0.3) is 0 Å². The fraction of sp³-hybridized carbons (Fsp3) is 0.556. The average Bonchev–Trinajstić information content (AvgIpc) is 2.61. The lowest BCUT2D eigenvalue weighted by atomic mass is 10.0. The highest BCUT2D eigenvalue weighted by Gasteiger charge is 2.25. The van der Waals surface area contributed by atoms with E-state index in [2.05, 4.69) is 0 Å². The highest BCUT2D eigenvalue weighted by Crippen LogP contribution is 2.18. The lowest BCUT2D eigenvalue weighted by Crippen LogP contribution is -2.47. The molecule has 0 aliphatic carbocycles. The van der Waals surface area contributed by atoms with Gasteiger partial charge >= 0.3 is 0 Å². The summed E-state index contributed by atoms with van der Waals surface area (Å²) in [5.74, 6) is 0.923. The van der Waals surface area contributed by atoms with E-state index in [9.17, 15) is 9.59 Å². The quantitative estimate of drug-likeness (QED) is 0.784. The second-order valence-corrected chi connectivity index (χ2v) is 5.98. The predicted molar refractivity (Wildman–Crippen MR) is 89.6 cm³/mol. The van der Waals surface area contributed by atoms with Gasteiger partial charge in [0, 0.05) is 37.5 Å². The lowest BCUT2D eigenvalue weighted by molar-refractivity contribution is -0.134. The first-order chi connectivity index (χ1) is 11.2. The maximum Gasteiger partial charge on any atom is 0.222 e. The van der Waals surface area contributed by atoms with Crippen LogP contribution >= 0.6 is 0 Å². The van der Waals surface area contributed by atoms with Crippen molar-refractivity contribution >= 4 is 11.7 Å². The van der Waals surface area contributed by atoms with Gasteiger partial charge in [-0.1, -0.05) is 0 Å². The zero-order chi connectivity index (χ0) is 16.7. The molecule has 5 heteroatoms. The van der Waals surface area contributed by atoms with Gasteiger partial charge in [-0.3, -0.25) is 9.59 Å². The summed E-state index contributed by atoms with van der Waals surface area (Å²) >= 11 is 0. The molecule has 1 unspecified atom stereocenters. The molecule has 1 aromatic carbocycles. The number of methoxy groups -OCH3 is 1. The van der Waals surface area contributed by atoms with Crippen molar-refractivity contribution in [3.63, 3.8) is 0 Å². The van der Waals surface area contributed by atoms with Crippen LogP contribution in [0.3, 0.4) is 0 Å². The van der Waals surface area contributed by atoms with Gasteiger partial charge in [-0.15, -0.1) is 0 Å². The number of nitrogens with zero attached hydrogens (tertiary/aromatic N) is 1. The number of ketones is 1. The van der Waals surface area contributed by atoms with Gasteiger partial charge in [-0.25, -0.2) is 0 Å². The Kier molecular flexibility index (Phi) is 6.59. The summed E-state index contributed by atoms with van der Waals surface area (Å²) in [6, 6.07) is 7.25. The Labute approximate surface area is 137 Å². The highest BCUT2D eigenvalue weighted by atomic mass is 16.5. The van der Waals surface area contributed by atoms with Crippen LogP contribution in [0.15, 0.2) is 24.3 Å². The van der Waals surface area contributed by atoms with Crippen molar-refractivity contribution in [2.75, 3.05) is 20.2 Å². The largest absolute Gasteiger partial charge is 0.497 e. The first-order valence-corrected chi connectivity index (χ1v) is 8.32.